The summed E-state index contributed by atoms with van der Waals surface area (Å²) in [6.07, 6.45) is 11.1. The van der Waals surface area contributed by atoms with Crippen molar-refractivity contribution in [2.75, 3.05) is 19.0 Å². The normalized spacial score (nSPS) is 18.3. The number of rotatable bonds is 3. The molecule has 0 fully saturated rings. The van der Waals surface area contributed by atoms with Crippen molar-refractivity contribution in [1.82, 2.24) is 0 Å². The lowest BCUT2D eigenvalue weighted by Gasteiger charge is -2.24. The van der Waals surface area contributed by atoms with Crippen LogP contribution in [0.2, 0.25) is 0 Å². The average molecular weight is 583 g/mol. The van der Waals surface area contributed by atoms with Crippen molar-refractivity contribution in [2.45, 2.75) is 38.5 Å². The molecule has 0 bridgehead atoms. The number of benzene rings is 4. The van der Waals surface area contributed by atoms with E-state index in [1.165, 1.54) is 55.5 Å². The maximum Gasteiger partial charge on any atom is 0.210 e. The van der Waals surface area contributed by atoms with Gasteiger partial charge in [0.15, 0.2) is 5.71 Å². The summed E-state index contributed by atoms with van der Waals surface area (Å²) in [5.41, 5.74) is 7.93. The van der Waals surface area contributed by atoms with E-state index in [1.54, 1.807) is 0 Å². The molecular formula is C35H35ClN2O4. The lowest BCUT2D eigenvalue weighted by atomic mass is 9.79. The number of halogens is 1. The molecule has 0 N–H and O–H groups in total. The molecule has 0 atom stereocenters. The molecule has 0 saturated carbocycles. The Morgan fingerprint density at radius 3 is 1.86 bits per heavy atom. The number of likely N-dealkylation sites (N-methyl/N-ethyl adjacent to an activating group) is 1. The summed E-state index contributed by atoms with van der Waals surface area (Å²) in [4.78, 5) is 2.35. The van der Waals surface area contributed by atoms with Gasteiger partial charge in [0, 0.05) is 41.6 Å². The third-order valence-corrected chi connectivity index (χ3v) is 8.52. The van der Waals surface area contributed by atoms with Crippen LogP contribution in [0, 0.1) is 10.2 Å². The van der Waals surface area contributed by atoms with Gasteiger partial charge in [0.1, 0.15) is 7.05 Å². The first-order valence-electron chi connectivity index (χ1n) is 13.8. The van der Waals surface area contributed by atoms with Crippen LogP contribution in [0.5, 0.6) is 0 Å². The smallest absolute Gasteiger partial charge is 0.210 e. The Morgan fingerprint density at radius 2 is 1.24 bits per heavy atom. The standard InChI is InChI=1S/C35H35N2.ClHO4/c1-34(2)30(36(5)28-22-20-24-14-10-12-16-26(24)32(28)34)18-8-7-9-19-31-35(3,4)33-27-17-13-11-15-25(27)21-23-29(33)37(31)6;2-1(3,4)5/h7-23H,1-6H3;(H,2,3,4,5)/q+1;/p-1. The molecule has 6 nitrogen and oxygen atoms in total. The number of hydrogen-bond acceptors (Lipinski definition) is 5. The average Bonchev–Trinajstić information content (AvgIpc) is 3.25. The Hall–Kier alpha value is -3.78. The van der Waals surface area contributed by atoms with Crippen molar-refractivity contribution >= 4 is 38.6 Å². The van der Waals surface area contributed by atoms with Crippen LogP contribution >= 0.6 is 0 Å². The minimum Gasteiger partial charge on any atom is -0.347 e. The minimum absolute atomic E-state index is 0.0654. The number of hydrogen-bond donors (Lipinski definition) is 0. The highest BCUT2D eigenvalue weighted by molar-refractivity contribution is 6.07. The summed E-state index contributed by atoms with van der Waals surface area (Å²) in [6, 6.07) is 26.4. The van der Waals surface area contributed by atoms with Crippen LogP contribution in [0.1, 0.15) is 38.8 Å². The van der Waals surface area contributed by atoms with E-state index in [0.29, 0.717) is 0 Å². The SMILES string of the molecule is CN1/C(=C/C=C/C=C/C2=[N+](C)c3ccc4ccccc4c3C2(C)C)C(C)(C)c2c1ccc1ccccc21.[O-][Cl+3]([O-])([O-])[O-]. The number of anilines is 1. The molecule has 42 heavy (non-hydrogen) atoms. The second-order valence-corrected chi connectivity index (χ2v) is 12.5. The zero-order valence-electron chi connectivity index (χ0n) is 24.7. The van der Waals surface area contributed by atoms with Crippen molar-refractivity contribution in [3.05, 3.63) is 120 Å². The van der Waals surface area contributed by atoms with Gasteiger partial charge in [-0.1, -0.05) is 86.7 Å². The van der Waals surface area contributed by atoms with Crippen molar-refractivity contribution in [3.8, 4) is 0 Å². The van der Waals surface area contributed by atoms with Gasteiger partial charge >= 0.3 is 0 Å². The Morgan fingerprint density at radius 1 is 0.690 bits per heavy atom. The number of fused-ring (bicyclic) bond motifs is 6. The Bertz CT molecular complexity index is 1800. The highest BCUT2D eigenvalue weighted by Gasteiger charge is 2.44. The second-order valence-electron chi connectivity index (χ2n) is 11.8. The zero-order valence-corrected chi connectivity index (χ0v) is 25.5. The fraction of sp³-hybridized carbons (Fsp3) is 0.229. The van der Waals surface area contributed by atoms with Crippen LogP contribution < -0.4 is 23.5 Å². The fourth-order valence-electron chi connectivity index (χ4n) is 6.74. The molecule has 216 valence electrons. The van der Waals surface area contributed by atoms with Gasteiger partial charge in [-0.05, 0) is 59.2 Å². The second kappa shape index (κ2) is 10.8. The maximum atomic E-state index is 8.49. The summed E-state index contributed by atoms with van der Waals surface area (Å²) in [6.45, 7) is 9.35. The fourth-order valence-corrected chi connectivity index (χ4v) is 6.74. The van der Waals surface area contributed by atoms with Crippen LogP contribution in [0.4, 0.5) is 11.4 Å². The first-order valence-corrected chi connectivity index (χ1v) is 15.0. The van der Waals surface area contributed by atoms with Crippen molar-refractivity contribution in [2.24, 2.45) is 0 Å². The van der Waals surface area contributed by atoms with Crippen LogP contribution in [-0.4, -0.2) is 24.4 Å². The molecule has 2 aliphatic heterocycles. The van der Waals surface area contributed by atoms with Crippen molar-refractivity contribution in [3.63, 3.8) is 0 Å². The summed E-state index contributed by atoms with van der Waals surface area (Å²) in [7, 11) is -0.573. The van der Waals surface area contributed by atoms with Crippen LogP contribution in [-0.2, 0) is 10.8 Å². The zero-order chi connectivity index (χ0) is 30.4. The first kappa shape index (κ1) is 29.7. The molecule has 0 saturated heterocycles. The van der Waals surface area contributed by atoms with E-state index >= 15 is 0 Å². The minimum atomic E-state index is -4.94. The van der Waals surface area contributed by atoms with Gasteiger partial charge in [0.2, 0.25) is 5.69 Å². The van der Waals surface area contributed by atoms with Crippen molar-refractivity contribution < 1.29 is 33.5 Å². The van der Waals surface area contributed by atoms with Gasteiger partial charge in [-0.2, -0.15) is 4.58 Å². The van der Waals surface area contributed by atoms with Crippen LogP contribution in [0.3, 0.4) is 0 Å². The maximum absolute atomic E-state index is 8.49. The van der Waals surface area contributed by atoms with Crippen molar-refractivity contribution in [1.29, 1.82) is 0 Å². The van der Waals surface area contributed by atoms with E-state index < -0.39 is 10.2 Å². The van der Waals surface area contributed by atoms with Gasteiger partial charge in [0.05, 0.1) is 5.41 Å². The molecule has 0 aromatic heterocycles. The predicted octanol–water partition coefficient (Wildman–Crippen LogP) is 3.67. The van der Waals surface area contributed by atoms with E-state index in [2.05, 4.69) is 154 Å². The van der Waals surface area contributed by atoms with E-state index in [9.17, 15) is 0 Å². The summed E-state index contributed by atoms with van der Waals surface area (Å²) in [5, 5.41) is 5.30. The summed E-state index contributed by atoms with van der Waals surface area (Å²) < 4.78 is 36.3. The highest BCUT2D eigenvalue weighted by atomic mass is 35.7. The molecule has 4 aromatic carbocycles. The predicted molar refractivity (Wildman–Crippen MR) is 160 cm³/mol. The molecule has 0 aliphatic carbocycles. The van der Waals surface area contributed by atoms with E-state index in [0.717, 1.165) is 0 Å². The highest BCUT2D eigenvalue weighted by Crippen LogP contribution is 2.50. The molecule has 7 heteroatoms. The lowest BCUT2D eigenvalue weighted by molar-refractivity contribution is -2.00. The molecule has 0 radical (unpaired) electrons. The molecule has 0 amide bonds. The lowest BCUT2D eigenvalue weighted by Crippen LogP contribution is -2.68. The van der Waals surface area contributed by atoms with Gasteiger partial charge in [-0.15, -0.1) is 10.2 Å². The van der Waals surface area contributed by atoms with Crippen LogP contribution in [0.15, 0.2) is 109 Å². The summed E-state index contributed by atoms with van der Waals surface area (Å²) in [5.74, 6) is 0. The van der Waals surface area contributed by atoms with E-state index in [1.807, 2.05) is 0 Å². The van der Waals surface area contributed by atoms with Gasteiger partial charge in [-0.25, -0.2) is 18.6 Å². The Labute approximate surface area is 249 Å². The van der Waals surface area contributed by atoms with Crippen LogP contribution in [0.25, 0.3) is 21.5 Å². The largest absolute Gasteiger partial charge is 0.347 e. The third-order valence-electron chi connectivity index (χ3n) is 8.52. The molecule has 0 unspecified atom stereocenters. The van der Waals surface area contributed by atoms with Gasteiger partial charge < -0.3 is 4.90 Å². The van der Waals surface area contributed by atoms with Gasteiger partial charge in [0.25, 0.3) is 0 Å². The molecule has 4 aromatic rings. The molecule has 0 spiro atoms. The number of nitrogens with zero attached hydrogens (tertiary/aromatic N) is 2. The quantitative estimate of drug-likeness (QED) is 0.271. The Balaban J connectivity index is 0.000000652. The third kappa shape index (κ3) is 5.28. The molecule has 6 rings (SSSR count). The van der Waals surface area contributed by atoms with E-state index in [-0.39, 0.29) is 10.8 Å². The number of allylic oxidation sites excluding steroid dienone is 6. The molecule has 2 aliphatic rings. The monoisotopic (exact) mass is 582 g/mol. The van der Waals surface area contributed by atoms with E-state index in [4.69, 9.17) is 18.6 Å². The summed E-state index contributed by atoms with van der Waals surface area (Å²) >= 11 is 0. The Kier molecular flexibility index (Phi) is 7.64. The first-order chi connectivity index (χ1) is 19.7. The topological polar surface area (TPSA) is 98.5 Å². The molecule has 2 heterocycles. The van der Waals surface area contributed by atoms with Gasteiger partial charge in [-0.3, -0.25) is 0 Å². The molecular weight excluding hydrogens is 548 g/mol.